The van der Waals surface area contributed by atoms with Crippen molar-refractivity contribution >= 4 is 5.91 Å². The van der Waals surface area contributed by atoms with Crippen molar-refractivity contribution in [2.45, 2.75) is 31.3 Å². The molecule has 0 aliphatic heterocycles. The monoisotopic (exact) mass is 336 g/mol. The zero-order chi connectivity index (χ0) is 18.5. The van der Waals surface area contributed by atoms with E-state index in [0.717, 1.165) is 12.0 Å². The molecule has 0 spiro atoms. The first-order valence-electron chi connectivity index (χ1n) is 8.55. The molecule has 0 saturated heterocycles. The van der Waals surface area contributed by atoms with Crippen LogP contribution in [0.4, 0.5) is 0 Å². The second-order valence-corrected chi connectivity index (χ2v) is 7.10. The lowest BCUT2D eigenvalue weighted by Gasteiger charge is -2.44. The van der Waals surface area contributed by atoms with E-state index in [-0.39, 0.29) is 11.4 Å². The second-order valence-electron chi connectivity index (χ2n) is 7.10. The molecule has 2 atom stereocenters. The number of hydrogen-bond acceptors (Lipinski definition) is 2. The van der Waals surface area contributed by atoms with Gasteiger partial charge in [0.2, 0.25) is 5.91 Å². The lowest BCUT2D eigenvalue weighted by molar-refractivity contribution is -0.118. The number of carbonyl (C=O) groups is 1. The van der Waals surface area contributed by atoms with Crippen LogP contribution in [0.25, 0.3) is 0 Å². The standard InChI is InChI=1S/C22H28N2O/c1-6-20(25)23-21(2,18-13-9-7-10-14-18)17-22(3,24(4)5)19-15-11-8-12-16-19/h6-16H,1,17H2,2-5H3,(H,23,25). The highest BCUT2D eigenvalue weighted by molar-refractivity contribution is 5.87. The van der Waals surface area contributed by atoms with Gasteiger partial charge in [-0.05, 0) is 51.6 Å². The molecule has 3 nitrogen and oxygen atoms in total. The summed E-state index contributed by atoms with van der Waals surface area (Å²) in [4.78, 5) is 14.4. The third-order valence-corrected chi connectivity index (χ3v) is 5.08. The van der Waals surface area contributed by atoms with E-state index in [2.05, 4.69) is 81.1 Å². The molecule has 0 heterocycles. The first-order valence-corrected chi connectivity index (χ1v) is 8.55. The summed E-state index contributed by atoms with van der Waals surface area (Å²) >= 11 is 0. The van der Waals surface area contributed by atoms with Crippen LogP contribution in [-0.4, -0.2) is 24.9 Å². The minimum absolute atomic E-state index is 0.166. The smallest absolute Gasteiger partial charge is 0.244 e. The highest BCUT2D eigenvalue weighted by atomic mass is 16.1. The Morgan fingerprint density at radius 1 is 1.00 bits per heavy atom. The van der Waals surface area contributed by atoms with Gasteiger partial charge in [-0.1, -0.05) is 67.2 Å². The fourth-order valence-corrected chi connectivity index (χ4v) is 3.35. The lowest BCUT2D eigenvalue weighted by atomic mass is 9.75. The molecule has 1 N–H and O–H groups in total. The van der Waals surface area contributed by atoms with Gasteiger partial charge in [-0.15, -0.1) is 0 Å². The molecule has 2 aromatic carbocycles. The van der Waals surface area contributed by atoms with E-state index in [9.17, 15) is 4.79 Å². The Kier molecular flexibility index (Phi) is 5.81. The summed E-state index contributed by atoms with van der Waals surface area (Å²) in [5, 5.41) is 3.16. The van der Waals surface area contributed by atoms with Crippen LogP contribution in [0.15, 0.2) is 73.3 Å². The van der Waals surface area contributed by atoms with Crippen molar-refractivity contribution in [1.82, 2.24) is 10.2 Å². The molecule has 3 heteroatoms. The Balaban J connectivity index is 2.50. The molecule has 0 saturated carbocycles. The third-order valence-electron chi connectivity index (χ3n) is 5.08. The van der Waals surface area contributed by atoms with Gasteiger partial charge in [0.1, 0.15) is 0 Å². The molecule has 0 aromatic heterocycles. The maximum atomic E-state index is 12.2. The van der Waals surface area contributed by atoms with Crippen LogP contribution in [-0.2, 0) is 15.9 Å². The number of amides is 1. The summed E-state index contributed by atoms with van der Waals surface area (Å²) in [5.74, 6) is -0.166. The van der Waals surface area contributed by atoms with Crippen molar-refractivity contribution in [2.75, 3.05) is 14.1 Å². The molecule has 25 heavy (non-hydrogen) atoms. The van der Waals surface area contributed by atoms with E-state index in [0.29, 0.717) is 0 Å². The van der Waals surface area contributed by atoms with Crippen molar-refractivity contribution in [3.8, 4) is 0 Å². The zero-order valence-corrected chi connectivity index (χ0v) is 15.6. The molecule has 0 aliphatic carbocycles. The zero-order valence-electron chi connectivity index (χ0n) is 15.6. The highest BCUT2D eigenvalue weighted by Crippen LogP contribution is 2.39. The van der Waals surface area contributed by atoms with Crippen LogP contribution in [0.1, 0.15) is 31.4 Å². The lowest BCUT2D eigenvalue weighted by Crippen LogP contribution is -2.51. The first kappa shape index (κ1) is 18.9. The largest absolute Gasteiger partial charge is 0.343 e. The Morgan fingerprint density at radius 2 is 1.48 bits per heavy atom. The molecule has 2 unspecified atom stereocenters. The first-order chi connectivity index (χ1) is 11.8. The van der Waals surface area contributed by atoms with Crippen molar-refractivity contribution in [3.05, 3.63) is 84.4 Å². The Labute approximate surface area is 151 Å². The second kappa shape index (κ2) is 7.66. The van der Waals surface area contributed by atoms with Crippen molar-refractivity contribution in [2.24, 2.45) is 0 Å². The van der Waals surface area contributed by atoms with Crippen LogP contribution in [0, 0.1) is 0 Å². The van der Waals surface area contributed by atoms with Crippen molar-refractivity contribution < 1.29 is 4.79 Å². The van der Waals surface area contributed by atoms with Crippen LogP contribution in [0.2, 0.25) is 0 Å². The van der Waals surface area contributed by atoms with Gasteiger partial charge in [-0.25, -0.2) is 0 Å². The number of carbonyl (C=O) groups excluding carboxylic acids is 1. The summed E-state index contributed by atoms with van der Waals surface area (Å²) in [6.07, 6.45) is 2.05. The topological polar surface area (TPSA) is 32.3 Å². The van der Waals surface area contributed by atoms with E-state index in [1.54, 1.807) is 0 Å². The number of hydrogen-bond donors (Lipinski definition) is 1. The van der Waals surface area contributed by atoms with Crippen LogP contribution < -0.4 is 5.32 Å². The number of rotatable bonds is 7. The van der Waals surface area contributed by atoms with Gasteiger partial charge >= 0.3 is 0 Å². The third kappa shape index (κ3) is 4.18. The van der Waals surface area contributed by atoms with Gasteiger partial charge < -0.3 is 5.32 Å². The highest BCUT2D eigenvalue weighted by Gasteiger charge is 2.39. The molecule has 0 radical (unpaired) electrons. The summed E-state index contributed by atoms with van der Waals surface area (Å²) in [5.41, 5.74) is 1.52. The van der Waals surface area contributed by atoms with Gasteiger partial charge in [0.05, 0.1) is 5.54 Å². The minimum Gasteiger partial charge on any atom is -0.343 e. The average molecular weight is 336 g/mol. The Morgan fingerprint density at radius 3 is 1.92 bits per heavy atom. The van der Waals surface area contributed by atoms with Gasteiger partial charge in [0.25, 0.3) is 0 Å². The summed E-state index contributed by atoms with van der Waals surface area (Å²) in [7, 11) is 4.15. The predicted octanol–water partition coefficient (Wildman–Crippen LogP) is 4.07. The molecular formula is C22H28N2O. The summed E-state index contributed by atoms with van der Waals surface area (Å²) in [6, 6.07) is 20.5. The van der Waals surface area contributed by atoms with E-state index < -0.39 is 5.54 Å². The van der Waals surface area contributed by atoms with Gasteiger partial charge in [-0.2, -0.15) is 0 Å². The Hall–Kier alpha value is -2.39. The van der Waals surface area contributed by atoms with Gasteiger partial charge in [-0.3, -0.25) is 9.69 Å². The number of benzene rings is 2. The molecule has 0 aliphatic rings. The van der Waals surface area contributed by atoms with Crippen LogP contribution in [0.3, 0.4) is 0 Å². The quantitative estimate of drug-likeness (QED) is 0.773. The van der Waals surface area contributed by atoms with Crippen LogP contribution in [0.5, 0.6) is 0 Å². The Bertz CT molecular complexity index is 711. The fourth-order valence-electron chi connectivity index (χ4n) is 3.35. The summed E-state index contributed by atoms with van der Waals surface area (Å²) in [6.45, 7) is 7.90. The molecule has 132 valence electrons. The SMILES string of the molecule is C=CC(=O)NC(C)(CC(C)(c1ccccc1)N(C)C)c1ccccc1. The predicted molar refractivity (Wildman–Crippen MR) is 104 cm³/mol. The van der Waals surface area contributed by atoms with Crippen molar-refractivity contribution in [1.29, 1.82) is 0 Å². The van der Waals surface area contributed by atoms with E-state index in [1.165, 1.54) is 11.6 Å². The molecule has 2 rings (SSSR count). The number of nitrogens with one attached hydrogen (secondary N) is 1. The normalized spacial score (nSPS) is 15.9. The number of nitrogens with zero attached hydrogens (tertiary/aromatic N) is 1. The van der Waals surface area contributed by atoms with Crippen LogP contribution >= 0.6 is 0 Å². The maximum absolute atomic E-state index is 12.2. The molecule has 0 fully saturated rings. The molecular weight excluding hydrogens is 308 g/mol. The van der Waals surface area contributed by atoms with E-state index >= 15 is 0 Å². The van der Waals surface area contributed by atoms with Crippen molar-refractivity contribution in [3.63, 3.8) is 0 Å². The van der Waals surface area contributed by atoms with E-state index in [1.807, 2.05) is 24.3 Å². The van der Waals surface area contributed by atoms with E-state index in [4.69, 9.17) is 0 Å². The molecule has 2 aromatic rings. The molecule has 1 amide bonds. The van der Waals surface area contributed by atoms with Gasteiger partial charge in [0, 0.05) is 5.54 Å². The maximum Gasteiger partial charge on any atom is 0.244 e. The molecule has 0 bridgehead atoms. The minimum atomic E-state index is -0.526. The van der Waals surface area contributed by atoms with Gasteiger partial charge in [0.15, 0.2) is 0 Å². The average Bonchev–Trinajstić information content (AvgIpc) is 2.62. The summed E-state index contributed by atoms with van der Waals surface area (Å²) < 4.78 is 0. The fraction of sp³-hybridized carbons (Fsp3) is 0.318.